The number of esters is 1. The molecule has 0 unspecified atom stereocenters. The number of para-hydroxylation sites is 1. The van der Waals surface area contributed by atoms with Gasteiger partial charge in [-0.15, -0.1) is 0 Å². The molecule has 2 atom stereocenters. The third kappa shape index (κ3) is 3.65. The molecule has 1 aliphatic heterocycles. The summed E-state index contributed by atoms with van der Waals surface area (Å²) in [7, 11) is -2.45. The number of methoxy groups -OCH3 is 1. The number of carbonyl (C=O) groups excluding carboxylic acids is 1. The number of fused-ring (bicyclic) bond motifs is 1. The van der Waals surface area contributed by atoms with E-state index in [1.165, 1.54) is 11.4 Å². The number of hydrogen-bond acceptors (Lipinski definition) is 4. The molecule has 3 rings (SSSR count). The van der Waals surface area contributed by atoms with E-state index in [4.69, 9.17) is 4.74 Å². The van der Waals surface area contributed by atoms with E-state index < -0.39 is 28.0 Å². The van der Waals surface area contributed by atoms with Crippen LogP contribution in [0.25, 0.3) is 0 Å². The Hall–Kier alpha value is -2.34. The highest BCUT2D eigenvalue weighted by atomic mass is 32.2. The Labute approximate surface area is 167 Å². The van der Waals surface area contributed by atoms with E-state index in [9.17, 15) is 13.2 Å². The molecule has 2 aromatic carbocycles. The fourth-order valence-electron chi connectivity index (χ4n) is 3.90. The number of aryl methyl sites for hydroxylation is 1. The molecule has 0 bridgehead atoms. The number of anilines is 1. The van der Waals surface area contributed by atoms with Gasteiger partial charge in [-0.2, -0.15) is 0 Å². The van der Waals surface area contributed by atoms with Gasteiger partial charge in [0.25, 0.3) is 10.0 Å². The van der Waals surface area contributed by atoms with Crippen molar-refractivity contribution in [3.8, 4) is 0 Å². The normalized spacial score (nSPS) is 18.8. The summed E-state index contributed by atoms with van der Waals surface area (Å²) in [4.78, 5) is 12.9. The van der Waals surface area contributed by atoms with Gasteiger partial charge in [-0.05, 0) is 37.1 Å². The molecule has 5 nitrogen and oxygen atoms in total. The molecule has 1 heterocycles. The number of ether oxygens (including phenoxy) is 1. The van der Waals surface area contributed by atoms with Gasteiger partial charge >= 0.3 is 5.97 Å². The monoisotopic (exact) mass is 401 g/mol. The minimum atomic E-state index is -3.80. The lowest BCUT2D eigenvalue weighted by Gasteiger charge is -2.29. The molecule has 6 heteroatoms. The van der Waals surface area contributed by atoms with Gasteiger partial charge in [0.15, 0.2) is 0 Å². The summed E-state index contributed by atoms with van der Waals surface area (Å²) < 4.78 is 33.7. The van der Waals surface area contributed by atoms with Crippen LogP contribution in [0.2, 0.25) is 0 Å². The molecule has 150 valence electrons. The lowest BCUT2D eigenvalue weighted by atomic mass is 9.92. The summed E-state index contributed by atoms with van der Waals surface area (Å²) in [5.41, 5.74) is 2.28. The smallest absolute Gasteiger partial charge is 0.315 e. The van der Waals surface area contributed by atoms with Crippen molar-refractivity contribution >= 4 is 21.7 Å². The van der Waals surface area contributed by atoms with E-state index in [1.807, 2.05) is 19.1 Å². The maximum absolute atomic E-state index is 13.6. The second kappa shape index (κ2) is 8.35. The fraction of sp³-hybridized carbons (Fsp3) is 0.409. The summed E-state index contributed by atoms with van der Waals surface area (Å²) >= 11 is 0. The molecular weight excluding hydrogens is 374 g/mol. The summed E-state index contributed by atoms with van der Waals surface area (Å²) in [5, 5.41) is 0. The van der Waals surface area contributed by atoms with Crippen LogP contribution in [0.1, 0.15) is 49.7 Å². The summed E-state index contributed by atoms with van der Waals surface area (Å²) in [6.45, 7) is 4.02. The van der Waals surface area contributed by atoms with Gasteiger partial charge in [0.05, 0.1) is 23.7 Å². The van der Waals surface area contributed by atoms with Gasteiger partial charge in [0.1, 0.15) is 5.92 Å². The average molecular weight is 402 g/mol. The minimum absolute atomic E-state index is 0.235. The molecular formula is C22H27NO4S. The van der Waals surface area contributed by atoms with Gasteiger partial charge in [0.2, 0.25) is 0 Å². The molecule has 28 heavy (non-hydrogen) atoms. The van der Waals surface area contributed by atoms with Gasteiger partial charge in [-0.1, -0.05) is 62.1 Å². The number of nitrogens with zero attached hydrogens (tertiary/aromatic N) is 1. The standard InChI is InChI=1S/C22H27NO4S/c1-4-5-6-11-20-21(22(24)27-3)18-9-7-8-10-19(18)23(20)28(25,26)17-14-12-16(2)13-15-17/h7-10,12-15,20-21H,4-6,11H2,1-3H3/t20-,21+/m1/s1. The van der Waals surface area contributed by atoms with E-state index in [0.717, 1.165) is 24.8 Å². The highest BCUT2D eigenvalue weighted by Crippen LogP contribution is 2.46. The largest absolute Gasteiger partial charge is 0.468 e. The van der Waals surface area contributed by atoms with E-state index in [-0.39, 0.29) is 4.90 Å². The molecule has 0 amide bonds. The molecule has 0 radical (unpaired) electrons. The van der Waals surface area contributed by atoms with Crippen LogP contribution in [0.4, 0.5) is 5.69 Å². The third-order valence-corrected chi connectivity index (χ3v) is 7.18. The maximum Gasteiger partial charge on any atom is 0.315 e. The third-order valence-electron chi connectivity index (χ3n) is 5.33. The van der Waals surface area contributed by atoms with Crippen molar-refractivity contribution < 1.29 is 17.9 Å². The van der Waals surface area contributed by atoms with E-state index >= 15 is 0 Å². The van der Waals surface area contributed by atoms with Crippen LogP contribution < -0.4 is 4.31 Å². The Balaban J connectivity index is 2.12. The van der Waals surface area contributed by atoms with Crippen LogP contribution in [0, 0.1) is 6.92 Å². The molecule has 0 aliphatic carbocycles. The first-order valence-corrected chi connectivity index (χ1v) is 11.1. The first-order valence-electron chi connectivity index (χ1n) is 9.69. The predicted octanol–water partition coefficient (Wildman–Crippen LogP) is 4.41. The number of rotatable bonds is 7. The van der Waals surface area contributed by atoms with Gasteiger partial charge in [-0.25, -0.2) is 8.42 Å². The lowest BCUT2D eigenvalue weighted by molar-refractivity contribution is -0.142. The number of benzene rings is 2. The Bertz CT molecular complexity index is 937. The van der Waals surface area contributed by atoms with Crippen LogP contribution in [0.15, 0.2) is 53.4 Å². The maximum atomic E-state index is 13.6. The molecule has 0 spiro atoms. The Morgan fingerprint density at radius 2 is 1.75 bits per heavy atom. The summed E-state index contributed by atoms with van der Waals surface area (Å²) in [6, 6.07) is 13.6. The SMILES string of the molecule is CCCCC[C@@H]1[C@@H](C(=O)OC)c2ccccc2N1S(=O)(=O)c1ccc(C)cc1. The van der Waals surface area contributed by atoms with Crippen molar-refractivity contribution in [3.05, 3.63) is 59.7 Å². The summed E-state index contributed by atoms with van der Waals surface area (Å²) in [6.07, 6.45) is 3.46. The molecule has 2 aromatic rings. The zero-order valence-electron chi connectivity index (χ0n) is 16.6. The molecule has 0 saturated carbocycles. The van der Waals surface area contributed by atoms with Crippen LogP contribution in [0.5, 0.6) is 0 Å². The molecule has 0 saturated heterocycles. The van der Waals surface area contributed by atoms with Crippen LogP contribution >= 0.6 is 0 Å². The van der Waals surface area contributed by atoms with Crippen molar-refractivity contribution in [2.75, 3.05) is 11.4 Å². The van der Waals surface area contributed by atoms with Crippen molar-refractivity contribution in [2.45, 2.75) is 56.4 Å². The van der Waals surface area contributed by atoms with Crippen molar-refractivity contribution in [3.63, 3.8) is 0 Å². The first kappa shape index (κ1) is 20.4. The highest BCUT2D eigenvalue weighted by Gasteiger charge is 2.48. The Morgan fingerprint density at radius 1 is 1.07 bits per heavy atom. The Morgan fingerprint density at radius 3 is 2.39 bits per heavy atom. The second-order valence-corrected chi connectivity index (χ2v) is 9.05. The molecule has 0 aromatic heterocycles. The Kier molecular flexibility index (Phi) is 6.08. The highest BCUT2D eigenvalue weighted by molar-refractivity contribution is 7.92. The van der Waals surface area contributed by atoms with Crippen LogP contribution in [-0.2, 0) is 19.6 Å². The van der Waals surface area contributed by atoms with Gasteiger partial charge in [-0.3, -0.25) is 9.10 Å². The number of hydrogen-bond donors (Lipinski definition) is 0. The van der Waals surface area contributed by atoms with Crippen molar-refractivity contribution in [1.82, 2.24) is 0 Å². The zero-order valence-corrected chi connectivity index (χ0v) is 17.4. The quantitative estimate of drug-likeness (QED) is 0.509. The van der Waals surface area contributed by atoms with E-state index in [1.54, 1.807) is 36.4 Å². The van der Waals surface area contributed by atoms with Crippen molar-refractivity contribution in [1.29, 1.82) is 0 Å². The van der Waals surface area contributed by atoms with E-state index in [2.05, 4.69) is 6.92 Å². The van der Waals surface area contributed by atoms with Gasteiger partial charge in [0, 0.05) is 0 Å². The number of carbonyl (C=O) groups is 1. The van der Waals surface area contributed by atoms with Crippen LogP contribution in [-0.4, -0.2) is 27.5 Å². The molecule has 0 N–H and O–H groups in total. The minimum Gasteiger partial charge on any atom is -0.468 e. The van der Waals surface area contributed by atoms with Crippen LogP contribution in [0.3, 0.4) is 0 Å². The van der Waals surface area contributed by atoms with Crippen molar-refractivity contribution in [2.24, 2.45) is 0 Å². The number of sulfonamides is 1. The molecule has 1 aliphatic rings. The topological polar surface area (TPSA) is 63.7 Å². The first-order chi connectivity index (χ1) is 13.4. The zero-order chi connectivity index (χ0) is 20.3. The second-order valence-electron chi connectivity index (χ2n) is 7.24. The van der Waals surface area contributed by atoms with E-state index in [0.29, 0.717) is 17.7 Å². The average Bonchev–Trinajstić information content (AvgIpc) is 3.02. The predicted molar refractivity (Wildman–Crippen MR) is 110 cm³/mol. The summed E-state index contributed by atoms with van der Waals surface area (Å²) in [5.74, 6) is -1.01. The molecule has 0 fully saturated rings. The number of unbranched alkanes of at least 4 members (excludes halogenated alkanes) is 2. The lowest BCUT2D eigenvalue weighted by Crippen LogP contribution is -2.41. The fourth-order valence-corrected chi connectivity index (χ4v) is 5.62. The van der Waals surface area contributed by atoms with Gasteiger partial charge < -0.3 is 4.74 Å².